The van der Waals surface area contributed by atoms with Crippen molar-refractivity contribution in [3.05, 3.63) is 18.2 Å². The van der Waals surface area contributed by atoms with Crippen LogP contribution in [-0.2, 0) is 14.8 Å². The molecule has 0 radical (unpaired) electrons. The van der Waals surface area contributed by atoms with Gasteiger partial charge >= 0.3 is 0 Å². The van der Waals surface area contributed by atoms with Gasteiger partial charge in [0.2, 0.25) is 15.9 Å². The van der Waals surface area contributed by atoms with E-state index in [1.807, 2.05) is 0 Å². The number of hydrogen-bond donors (Lipinski definition) is 0. The molecular formula is C23H37N3O5S. The Kier molecular flexibility index (Phi) is 8.79. The first-order valence-corrected chi connectivity index (χ1v) is 13.0. The molecule has 0 aromatic heterocycles. The largest absolute Gasteiger partial charge is 0.497 e. The molecule has 2 saturated heterocycles. The van der Waals surface area contributed by atoms with Crippen molar-refractivity contribution >= 4 is 15.9 Å². The molecule has 2 heterocycles. The van der Waals surface area contributed by atoms with Gasteiger partial charge in [0, 0.05) is 32.2 Å². The monoisotopic (exact) mass is 467 g/mol. The molecule has 2 aliphatic rings. The SMILES string of the molecule is CCCC1CCCN(CC(=O)N2CCN(S(=O)(=O)c3cc(OC)ccc3OC)CC2)CC1. The minimum atomic E-state index is -3.75. The maximum atomic E-state index is 13.2. The lowest BCUT2D eigenvalue weighted by Crippen LogP contribution is -2.52. The highest BCUT2D eigenvalue weighted by Gasteiger charge is 2.33. The number of carbonyl (C=O) groups excluding carboxylic acids is 1. The molecule has 1 amide bonds. The van der Waals surface area contributed by atoms with E-state index >= 15 is 0 Å². The maximum absolute atomic E-state index is 13.2. The van der Waals surface area contributed by atoms with Crippen LogP contribution >= 0.6 is 0 Å². The molecule has 1 unspecified atom stereocenters. The molecule has 2 fully saturated rings. The van der Waals surface area contributed by atoms with Gasteiger partial charge in [-0.05, 0) is 50.4 Å². The number of amides is 1. The van der Waals surface area contributed by atoms with E-state index < -0.39 is 10.0 Å². The Hall–Kier alpha value is -1.84. The quantitative estimate of drug-likeness (QED) is 0.584. The first-order valence-electron chi connectivity index (χ1n) is 11.6. The third kappa shape index (κ3) is 5.94. The summed E-state index contributed by atoms with van der Waals surface area (Å²) in [7, 11) is -0.804. The molecule has 1 aromatic carbocycles. The van der Waals surface area contributed by atoms with Gasteiger partial charge in [0.1, 0.15) is 16.4 Å². The van der Waals surface area contributed by atoms with Crippen LogP contribution in [0.25, 0.3) is 0 Å². The fourth-order valence-corrected chi connectivity index (χ4v) is 6.27. The van der Waals surface area contributed by atoms with E-state index in [4.69, 9.17) is 9.47 Å². The second-order valence-corrected chi connectivity index (χ2v) is 10.6. The van der Waals surface area contributed by atoms with E-state index in [2.05, 4.69) is 11.8 Å². The molecule has 0 aliphatic carbocycles. The molecule has 0 saturated carbocycles. The molecule has 180 valence electrons. The van der Waals surface area contributed by atoms with E-state index in [9.17, 15) is 13.2 Å². The number of rotatable bonds is 8. The summed E-state index contributed by atoms with van der Waals surface area (Å²) in [6.45, 7) is 5.94. The fourth-order valence-electron chi connectivity index (χ4n) is 4.67. The zero-order valence-corrected chi connectivity index (χ0v) is 20.4. The second kappa shape index (κ2) is 11.3. The number of methoxy groups -OCH3 is 2. The Balaban J connectivity index is 1.57. The smallest absolute Gasteiger partial charge is 0.247 e. The first kappa shape index (κ1) is 24.8. The van der Waals surface area contributed by atoms with Gasteiger partial charge in [-0.25, -0.2) is 8.42 Å². The molecule has 1 aromatic rings. The van der Waals surface area contributed by atoms with Crippen LogP contribution in [0.5, 0.6) is 11.5 Å². The number of ether oxygens (including phenoxy) is 2. The van der Waals surface area contributed by atoms with Crippen molar-refractivity contribution in [2.75, 3.05) is 60.0 Å². The second-order valence-electron chi connectivity index (χ2n) is 8.66. The van der Waals surface area contributed by atoms with Crippen LogP contribution in [0, 0.1) is 5.92 Å². The topological polar surface area (TPSA) is 79.4 Å². The van der Waals surface area contributed by atoms with E-state index in [0.29, 0.717) is 25.4 Å². The molecule has 1 atom stereocenters. The van der Waals surface area contributed by atoms with Crippen molar-refractivity contribution in [2.24, 2.45) is 5.92 Å². The third-order valence-electron chi connectivity index (χ3n) is 6.58. The van der Waals surface area contributed by atoms with Gasteiger partial charge < -0.3 is 14.4 Å². The summed E-state index contributed by atoms with van der Waals surface area (Å²) in [5.74, 6) is 1.61. The summed E-state index contributed by atoms with van der Waals surface area (Å²) >= 11 is 0. The van der Waals surface area contributed by atoms with Crippen molar-refractivity contribution in [2.45, 2.75) is 43.9 Å². The van der Waals surface area contributed by atoms with Crippen molar-refractivity contribution < 1.29 is 22.7 Å². The Bertz CT molecular complexity index is 868. The first-order chi connectivity index (χ1) is 15.4. The summed E-state index contributed by atoms with van der Waals surface area (Å²) in [6, 6.07) is 4.75. The van der Waals surface area contributed by atoms with E-state index in [-0.39, 0.29) is 29.6 Å². The molecule has 9 heteroatoms. The summed E-state index contributed by atoms with van der Waals surface area (Å²) in [6.07, 6.45) is 6.05. The van der Waals surface area contributed by atoms with Gasteiger partial charge in [-0.3, -0.25) is 9.69 Å². The van der Waals surface area contributed by atoms with Crippen LogP contribution < -0.4 is 9.47 Å². The van der Waals surface area contributed by atoms with Gasteiger partial charge in [0.05, 0.1) is 20.8 Å². The summed E-state index contributed by atoms with van der Waals surface area (Å²) in [5.41, 5.74) is 0. The minimum Gasteiger partial charge on any atom is -0.497 e. The number of hydrogen-bond acceptors (Lipinski definition) is 6. The number of nitrogens with zero attached hydrogens (tertiary/aromatic N) is 3. The average Bonchev–Trinajstić information content (AvgIpc) is 3.03. The number of likely N-dealkylation sites (tertiary alicyclic amines) is 1. The summed E-state index contributed by atoms with van der Waals surface area (Å²) < 4.78 is 38.3. The van der Waals surface area contributed by atoms with Crippen molar-refractivity contribution in [3.8, 4) is 11.5 Å². The third-order valence-corrected chi connectivity index (χ3v) is 8.50. The predicted octanol–water partition coefficient (Wildman–Crippen LogP) is 2.44. The molecule has 0 bridgehead atoms. The zero-order chi connectivity index (χ0) is 23.1. The summed E-state index contributed by atoms with van der Waals surface area (Å²) in [5, 5.41) is 0. The lowest BCUT2D eigenvalue weighted by atomic mass is 9.96. The molecule has 0 N–H and O–H groups in total. The van der Waals surface area contributed by atoms with Gasteiger partial charge in [0.25, 0.3) is 0 Å². The van der Waals surface area contributed by atoms with Crippen LogP contribution in [0.15, 0.2) is 23.1 Å². The van der Waals surface area contributed by atoms with Crippen LogP contribution in [-0.4, -0.2) is 88.5 Å². The summed E-state index contributed by atoms with van der Waals surface area (Å²) in [4.78, 5) is 17.0. The van der Waals surface area contributed by atoms with E-state index in [1.54, 1.807) is 17.0 Å². The number of sulfonamides is 1. The van der Waals surface area contributed by atoms with Crippen molar-refractivity contribution in [1.82, 2.24) is 14.1 Å². The Morgan fingerprint density at radius 3 is 2.44 bits per heavy atom. The highest BCUT2D eigenvalue weighted by Crippen LogP contribution is 2.31. The lowest BCUT2D eigenvalue weighted by molar-refractivity contribution is -0.133. The van der Waals surface area contributed by atoms with Gasteiger partial charge in [0.15, 0.2) is 0 Å². The number of benzene rings is 1. The van der Waals surface area contributed by atoms with Crippen molar-refractivity contribution in [3.63, 3.8) is 0 Å². The zero-order valence-electron chi connectivity index (χ0n) is 19.6. The van der Waals surface area contributed by atoms with Crippen LogP contribution in [0.4, 0.5) is 0 Å². The van der Waals surface area contributed by atoms with Gasteiger partial charge in [-0.2, -0.15) is 4.31 Å². The van der Waals surface area contributed by atoms with E-state index in [0.717, 1.165) is 31.8 Å². The molecular weight excluding hydrogens is 430 g/mol. The Morgan fingerprint density at radius 2 is 1.78 bits per heavy atom. The Labute approximate surface area is 192 Å². The number of carbonyl (C=O) groups is 1. The normalized spacial score (nSPS) is 21.2. The van der Waals surface area contributed by atoms with Crippen LogP contribution in [0.3, 0.4) is 0 Å². The average molecular weight is 468 g/mol. The van der Waals surface area contributed by atoms with Crippen LogP contribution in [0.1, 0.15) is 39.0 Å². The Morgan fingerprint density at radius 1 is 1.03 bits per heavy atom. The standard InChI is InChI=1S/C23H37N3O5S/c1-4-6-19-7-5-11-24(12-10-19)18-23(27)25-13-15-26(16-14-25)32(28,29)22-17-20(30-2)8-9-21(22)31-3/h8-9,17,19H,4-7,10-16,18H2,1-3H3. The number of piperazine rings is 1. The van der Waals surface area contributed by atoms with Crippen molar-refractivity contribution in [1.29, 1.82) is 0 Å². The lowest BCUT2D eigenvalue weighted by Gasteiger charge is -2.35. The molecule has 2 aliphatic heterocycles. The van der Waals surface area contributed by atoms with Gasteiger partial charge in [-0.15, -0.1) is 0 Å². The highest BCUT2D eigenvalue weighted by molar-refractivity contribution is 7.89. The molecule has 8 nitrogen and oxygen atoms in total. The predicted molar refractivity (Wildman–Crippen MR) is 124 cm³/mol. The highest BCUT2D eigenvalue weighted by atomic mass is 32.2. The van der Waals surface area contributed by atoms with E-state index in [1.165, 1.54) is 43.9 Å². The molecule has 3 rings (SSSR count). The maximum Gasteiger partial charge on any atom is 0.247 e. The van der Waals surface area contributed by atoms with Gasteiger partial charge in [-0.1, -0.05) is 19.8 Å². The minimum absolute atomic E-state index is 0.0883. The fraction of sp³-hybridized carbons (Fsp3) is 0.696. The molecule has 32 heavy (non-hydrogen) atoms. The molecule has 0 spiro atoms. The van der Waals surface area contributed by atoms with Crippen LogP contribution in [0.2, 0.25) is 0 Å².